The monoisotopic (exact) mass is 236 g/mol. The second-order valence-corrected chi connectivity index (χ2v) is 3.10. The standard InChI is InChI=1S/C10H16N2.2ClH/c1-8(10(12)7-11)9-5-3-2-4-6-9;;/h2-6,8,10H,7,11-12H2,1H3;2*1H. The summed E-state index contributed by atoms with van der Waals surface area (Å²) in [6, 6.07) is 10.3. The molecule has 0 aliphatic rings. The lowest BCUT2D eigenvalue weighted by Gasteiger charge is -2.18. The summed E-state index contributed by atoms with van der Waals surface area (Å²) >= 11 is 0. The molecule has 2 nitrogen and oxygen atoms in total. The maximum absolute atomic E-state index is 5.82. The fraction of sp³-hybridized carbons (Fsp3) is 0.400. The average molecular weight is 237 g/mol. The highest BCUT2D eigenvalue weighted by Crippen LogP contribution is 2.16. The number of hydrogen-bond acceptors (Lipinski definition) is 2. The Morgan fingerprint density at radius 3 is 2.07 bits per heavy atom. The zero-order valence-electron chi connectivity index (χ0n) is 8.22. The Balaban J connectivity index is 0. The van der Waals surface area contributed by atoms with Gasteiger partial charge in [-0.3, -0.25) is 0 Å². The molecule has 2 atom stereocenters. The zero-order valence-corrected chi connectivity index (χ0v) is 9.85. The van der Waals surface area contributed by atoms with E-state index in [0.29, 0.717) is 12.5 Å². The van der Waals surface area contributed by atoms with Crippen LogP contribution in [0.5, 0.6) is 0 Å². The molecule has 1 aromatic carbocycles. The van der Waals surface area contributed by atoms with Crippen LogP contribution in [0.25, 0.3) is 0 Å². The van der Waals surface area contributed by atoms with E-state index in [2.05, 4.69) is 19.1 Å². The normalized spacial score (nSPS) is 13.4. The van der Waals surface area contributed by atoms with Crippen LogP contribution in [-0.2, 0) is 0 Å². The molecule has 0 heterocycles. The molecule has 0 saturated carbocycles. The van der Waals surface area contributed by atoms with Crippen molar-refractivity contribution in [3.8, 4) is 0 Å². The summed E-state index contributed by atoms with van der Waals surface area (Å²) in [6.07, 6.45) is 0. The molecule has 1 aromatic rings. The summed E-state index contributed by atoms with van der Waals surface area (Å²) in [6.45, 7) is 2.64. The zero-order chi connectivity index (χ0) is 8.97. The van der Waals surface area contributed by atoms with Crippen molar-refractivity contribution in [2.75, 3.05) is 6.54 Å². The molecule has 0 bridgehead atoms. The van der Waals surface area contributed by atoms with Gasteiger partial charge >= 0.3 is 0 Å². The van der Waals surface area contributed by atoms with Gasteiger partial charge in [-0.1, -0.05) is 37.3 Å². The maximum Gasteiger partial charge on any atom is 0.0230 e. The molecule has 2 unspecified atom stereocenters. The summed E-state index contributed by atoms with van der Waals surface area (Å²) < 4.78 is 0. The van der Waals surface area contributed by atoms with E-state index in [1.165, 1.54) is 5.56 Å². The molecule has 0 saturated heterocycles. The van der Waals surface area contributed by atoms with E-state index in [4.69, 9.17) is 11.5 Å². The van der Waals surface area contributed by atoms with Crippen molar-refractivity contribution in [2.45, 2.75) is 18.9 Å². The molecular weight excluding hydrogens is 219 g/mol. The molecule has 14 heavy (non-hydrogen) atoms. The lowest BCUT2D eigenvalue weighted by molar-refractivity contribution is 0.576. The minimum Gasteiger partial charge on any atom is -0.329 e. The molecule has 1 rings (SSSR count). The number of hydrogen-bond donors (Lipinski definition) is 2. The van der Waals surface area contributed by atoms with Gasteiger partial charge in [0.1, 0.15) is 0 Å². The maximum atomic E-state index is 5.82. The molecule has 0 amide bonds. The Morgan fingerprint density at radius 2 is 1.64 bits per heavy atom. The van der Waals surface area contributed by atoms with Crippen LogP contribution in [0.2, 0.25) is 0 Å². The highest BCUT2D eigenvalue weighted by molar-refractivity contribution is 5.85. The van der Waals surface area contributed by atoms with Gasteiger partial charge in [0.2, 0.25) is 0 Å². The first-order chi connectivity index (χ1) is 5.75. The van der Waals surface area contributed by atoms with E-state index >= 15 is 0 Å². The van der Waals surface area contributed by atoms with Crippen molar-refractivity contribution in [1.29, 1.82) is 0 Å². The van der Waals surface area contributed by atoms with Crippen LogP contribution >= 0.6 is 24.8 Å². The third-order valence-corrected chi connectivity index (χ3v) is 2.24. The first kappa shape index (κ1) is 16.2. The summed E-state index contributed by atoms with van der Waals surface area (Å²) in [5.41, 5.74) is 12.6. The molecule has 0 radical (unpaired) electrons. The van der Waals surface area contributed by atoms with E-state index in [1.807, 2.05) is 18.2 Å². The minimum absolute atomic E-state index is 0. The second-order valence-electron chi connectivity index (χ2n) is 3.10. The molecule has 0 spiro atoms. The second kappa shape index (κ2) is 8.06. The van der Waals surface area contributed by atoms with E-state index in [0.717, 1.165) is 0 Å². The van der Waals surface area contributed by atoms with Crippen molar-refractivity contribution in [3.63, 3.8) is 0 Å². The predicted octanol–water partition coefficient (Wildman–Crippen LogP) is 1.92. The number of rotatable bonds is 3. The molecular formula is C10H18Cl2N2. The van der Waals surface area contributed by atoms with Crippen LogP contribution in [0.4, 0.5) is 0 Å². The lowest BCUT2D eigenvalue weighted by Crippen LogP contribution is -2.34. The Kier molecular flexibility index (Phi) is 9.31. The van der Waals surface area contributed by atoms with E-state index in [9.17, 15) is 0 Å². The highest BCUT2D eigenvalue weighted by atomic mass is 35.5. The van der Waals surface area contributed by atoms with Crippen LogP contribution in [0, 0.1) is 0 Å². The summed E-state index contributed by atoms with van der Waals surface area (Å²) in [7, 11) is 0. The van der Waals surface area contributed by atoms with Crippen molar-refractivity contribution in [1.82, 2.24) is 0 Å². The molecule has 4 N–H and O–H groups in total. The van der Waals surface area contributed by atoms with Crippen LogP contribution in [0.15, 0.2) is 30.3 Å². The molecule has 82 valence electrons. The van der Waals surface area contributed by atoms with Gasteiger partial charge in [-0.15, -0.1) is 24.8 Å². The average Bonchev–Trinajstić information content (AvgIpc) is 2.17. The smallest absolute Gasteiger partial charge is 0.0230 e. The van der Waals surface area contributed by atoms with Gasteiger partial charge in [0, 0.05) is 12.6 Å². The molecule has 0 aromatic heterocycles. The third kappa shape index (κ3) is 4.29. The summed E-state index contributed by atoms with van der Waals surface area (Å²) in [4.78, 5) is 0. The van der Waals surface area contributed by atoms with Crippen LogP contribution < -0.4 is 11.5 Å². The largest absolute Gasteiger partial charge is 0.329 e. The Labute approximate surface area is 97.9 Å². The van der Waals surface area contributed by atoms with Gasteiger partial charge in [-0.2, -0.15) is 0 Å². The fourth-order valence-electron chi connectivity index (χ4n) is 1.21. The van der Waals surface area contributed by atoms with Gasteiger partial charge < -0.3 is 11.5 Å². The van der Waals surface area contributed by atoms with Crippen LogP contribution in [-0.4, -0.2) is 12.6 Å². The molecule has 0 aliphatic carbocycles. The Hall–Kier alpha value is -0.280. The third-order valence-electron chi connectivity index (χ3n) is 2.24. The Bertz CT molecular complexity index is 229. The first-order valence-electron chi connectivity index (χ1n) is 4.26. The quantitative estimate of drug-likeness (QED) is 0.843. The van der Waals surface area contributed by atoms with E-state index in [1.54, 1.807) is 0 Å². The summed E-state index contributed by atoms with van der Waals surface area (Å²) in [5.74, 6) is 0.344. The SMILES string of the molecule is CC(c1ccccc1)C(N)CN.Cl.Cl. The lowest BCUT2D eigenvalue weighted by atomic mass is 9.94. The van der Waals surface area contributed by atoms with E-state index in [-0.39, 0.29) is 30.9 Å². The number of halogens is 2. The highest BCUT2D eigenvalue weighted by Gasteiger charge is 2.11. The van der Waals surface area contributed by atoms with Gasteiger partial charge in [-0.05, 0) is 11.5 Å². The summed E-state index contributed by atoms with van der Waals surface area (Å²) in [5, 5.41) is 0. The van der Waals surface area contributed by atoms with Gasteiger partial charge in [0.15, 0.2) is 0 Å². The molecule has 0 fully saturated rings. The number of nitrogens with two attached hydrogens (primary N) is 2. The minimum atomic E-state index is 0. The van der Waals surface area contributed by atoms with Gasteiger partial charge in [0.25, 0.3) is 0 Å². The van der Waals surface area contributed by atoms with Crippen LogP contribution in [0.1, 0.15) is 18.4 Å². The van der Waals surface area contributed by atoms with Crippen molar-refractivity contribution >= 4 is 24.8 Å². The van der Waals surface area contributed by atoms with Crippen molar-refractivity contribution < 1.29 is 0 Å². The molecule has 4 heteroatoms. The number of benzene rings is 1. The Morgan fingerprint density at radius 1 is 1.14 bits per heavy atom. The van der Waals surface area contributed by atoms with Crippen molar-refractivity contribution in [2.24, 2.45) is 11.5 Å². The fourth-order valence-corrected chi connectivity index (χ4v) is 1.21. The van der Waals surface area contributed by atoms with Crippen LogP contribution in [0.3, 0.4) is 0 Å². The predicted molar refractivity (Wildman–Crippen MR) is 66.4 cm³/mol. The van der Waals surface area contributed by atoms with Crippen molar-refractivity contribution in [3.05, 3.63) is 35.9 Å². The van der Waals surface area contributed by atoms with Gasteiger partial charge in [0.05, 0.1) is 0 Å². The topological polar surface area (TPSA) is 52.0 Å². The van der Waals surface area contributed by atoms with Gasteiger partial charge in [-0.25, -0.2) is 0 Å². The van der Waals surface area contributed by atoms with E-state index < -0.39 is 0 Å². The first-order valence-corrected chi connectivity index (χ1v) is 4.26. The molecule has 0 aliphatic heterocycles.